The Bertz CT molecular complexity index is 1250. The van der Waals surface area contributed by atoms with Gasteiger partial charge in [-0.3, -0.25) is 4.79 Å². The van der Waals surface area contributed by atoms with Crippen LogP contribution in [0.3, 0.4) is 0 Å². The Balaban J connectivity index is 1.39. The minimum absolute atomic E-state index is 0.144. The van der Waals surface area contributed by atoms with Crippen LogP contribution in [0.1, 0.15) is 32.6 Å². The maximum absolute atomic E-state index is 12.8. The number of rotatable bonds is 4. The van der Waals surface area contributed by atoms with Crippen LogP contribution in [0.2, 0.25) is 5.02 Å². The van der Waals surface area contributed by atoms with Gasteiger partial charge in [-0.2, -0.15) is 0 Å². The van der Waals surface area contributed by atoms with Gasteiger partial charge in [0.15, 0.2) is 12.6 Å². The third-order valence-electron chi connectivity index (χ3n) is 5.34. The number of carbonyl (C=O) groups is 1. The Morgan fingerprint density at radius 3 is 2.75 bits per heavy atom. The van der Waals surface area contributed by atoms with Gasteiger partial charge < -0.3 is 18.9 Å². The Morgan fingerprint density at radius 2 is 1.94 bits per heavy atom. The average molecular weight is 514 g/mol. The van der Waals surface area contributed by atoms with Crippen molar-refractivity contribution in [2.24, 2.45) is 0 Å². The molecule has 5 rings (SSSR count). The summed E-state index contributed by atoms with van der Waals surface area (Å²) in [6.45, 7) is 2.78. The molecule has 162 valence electrons. The van der Waals surface area contributed by atoms with E-state index >= 15 is 0 Å². The first-order valence-electron chi connectivity index (χ1n) is 9.97. The van der Waals surface area contributed by atoms with Crippen molar-refractivity contribution < 1.29 is 23.7 Å². The standard InChI is InChI=1S/C25H18BrClO5/c1-14-21(30-12-17-10-19(27)9-16-11-29-13-31-25(16)17)7-6-20-23(28)22(32-24(14)20)8-15-2-4-18(26)5-3-15/h2-10H,11-13H2,1H3/b22-8-. The number of allylic oxidation sites excluding steroid dienone is 1. The summed E-state index contributed by atoms with van der Waals surface area (Å²) in [5, 5.41) is 0.596. The molecule has 2 heterocycles. The van der Waals surface area contributed by atoms with E-state index in [0.717, 1.165) is 32.5 Å². The highest BCUT2D eigenvalue weighted by Crippen LogP contribution is 2.40. The summed E-state index contributed by atoms with van der Waals surface area (Å²) in [6, 6.07) is 14.8. The Hall–Kier alpha value is -2.80. The third kappa shape index (κ3) is 4.01. The van der Waals surface area contributed by atoms with E-state index in [1.54, 1.807) is 18.2 Å². The normalized spacial score (nSPS) is 15.7. The van der Waals surface area contributed by atoms with Crippen LogP contribution in [0.5, 0.6) is 17.2 Å². The van der Waals surface area contributed by atoms with Crippen molar-refractivity contribution in [1.82, 2.24) is 0 Å². The van der Waals surface area contributed by atoms with Gasteiger partial charge in [0, 0.05) is 26.2 Å². The Kier molecular flexibility index (Phi) is 5.67. The Labute approximate surface area is 198 Å². The number of hydrogen-bond donors (Lipinski definition) is 0. The fraction of sp³-hybridized carbons (Fsp3) is 0.160. The molecule has 3 aromatic carbocycles. The number of hydrogen-bond acceptors (Lipinski definition) is 5. The van der Waals surface area contributed by atoms with Crippen molar-refractivity contribution in [2.45, 2.75) is 20.1 Å². The molecule has 3 aromatic rings. The van der Waals surface area contributed by atoms with Gasteiger partial charge in [0.1, 0.15) is 23.9 Å². The smallest absolute Gasteiger partial charge is 0.231 e. The third-order valence-corrected chi connectivity index (χ3v) is 6.09. The highest BCUT2D eigenvalue weighted by atomic mass is 79.9. The van der Waals surface area contributed by atoms with Crippen LogP contribution in [-0.2, 0) is 18.0 Å². The van der Waals surface area contributed by atoms with E-state index in [9.17, 15) is 4.79 Å². The number of ether oxygens (including phenoxy) is 4. The van der Waals surface area contributed by atoms with Gasteiger partial charge in [0.05, 0.1) is 12.2 Å². The molecule has 0 saturated carbocycles. The van der Waals surface area contributed by atoms with Gasteiger partial charge >= 0.3 is 0 Å². The van der Waals surface area contributed by atoms with E-state index in [4.69, 9.17) is 30.5 Å². The molecule has 0 fully saturated rings. The van der Waals surface area contributed by atoms with E-state index in [2.05, 4.69) is 15.9 Å². The predicted octanol–water partition coefficient (Wildman–Crippen LogP) is 6.47. The summed E-state index contributed by atoms with van der Waals surface area (Å²) < 4.78 is 24.0. The summed E-state index contributed by atoms with van der Waals surface area (Å²) in [5.74, 6) is 2.04. The molecule has 0 bridgehead atoms. The number of carbonyl (C=O) groups excluding carboxylic acids is 1. The zero-order valence-corrected chi connectivity index (χ0v) is 19.5. The largest absolute Gasteiger partial charge is 0.488 e. The molecule has 0 saturated heterocycles. The van der Waals surface area contributed by atoms with Gasteiger partial charge in [-0.05, 0) is 55.0 Å². The van der Waals surface area contributed by atoms with Crippen molar-refractivity contribution in [3.8, 4) is 17.2 Å². The molecular weight excluding hydrogens is 496 g/mol. The first-order valence-corrected chi connectivity index (χ1v) is 11.1. The predicted molar refractivity (Wildman–Crippen MR) is 124 cm³/mol. The van der Waals surface area contributed by atoms with E-state index in [1.165, 1.54) is 0 Å². The monoisotopic (exact) mass is 512 g/mol. The highest BCUT2D eigenvalue weighted by Gasteiger charge is 2.30. The molecule has 0 radical (unpaired) electrons. The van der Waals surface area contributed by atoms with E-state index in [0.29, 0.717) is 34.5 Å². The van der Waals surface area contributed by atoms with Crippen LogP contribution in [-0.4, -0.2) is 12.6 Å². The number of ketones is 1. The van der Waals surface area contributed by atoms with Gasteiger partial charge in [0.25, 0.3) is 0 Å². The number of Topliss-reactive ketones (excluding diaryl/α,β-unsaturated/α-hetero) is 1. The maximum atomic E-state index is 12.8. The van der Waals surface area contributed by atoms with E-state index in [-0.39, 0.29) is 19.2 Å². The lowest BCUT2D eigenvalue weighted by molar-refractivity contribution is -0.0175. The van der Waals surface area contributed by atoms with Crippen molar-refractivity contribution in [2.75, 3.05) is 6.79 Å². The zero-order chi connectivity index (χ0) is 22.2. The summed E-state index contributed by atoms with van der Waals surface area (Å²) in [4.78, 5) is 12.8. The van der Waals surface area contributed by atoms with Crippen LogP contribution in [0.4, 0.5) is 0 Å². The van der Waals surface area contributed by atoms with Crippen molar-refractivity contribution in [1.29, 1.82) is 0 Å². The average Bonchev–Trinajstić information content (AvgIpc) is 3.10. The fourth-order valence-electron chi connectivity index (χ4n) is 3.75. The van der Waals surface area contributed by atoms with Gasteiger partial charge in [-0.1, -0.05) is 39.7 Å². The fourth-order valence-corrected chi connectivity index (χ4v) is 4.28. The lowest BCUT2D eigenvalue weighted by Crippen LogP contribution is -2.14. The van der Waals surface area contributed by atoms with Crippen molar-refractivity contribution in [3.05, 3.63) is 91.6 Å². The van der Waals surface area contributed by atoms with Gasteiger partial charge in [-0.25, -0.2) is 0 Å². The minimum Gasteiger partial charge on any atom is -0.488 e. The second-order valence-electron chi connectivity index (χ2n) is 7.51. The van der Waals surface area contributed by atoms with Crippen LogP contribution < -0.4 is 14.2 Å². The SMILES string of the molecule is Cc1c(OCc2cc(Cl)cc3c2OCOC3)ccc2c1O/C(=C\c1ccc(Br)cc1)C2=O. The zero-order valence-electron chi connectivity index (χ0n) is 17.1. The molecule has 0 atom stereocenters. The van der Waals surface area contributed by atoms with Crippen molar-refractivity contribution in [3.63, 3.8) is 0 Å². The summed E-state index contributed by atoms with van der Waals surface area (Å²) in [7, 11) is 0. The second-order valence-corrected chi connectivity index (χ2v) is 8.86. The molecular formula is C25H18BrClO5. The second kappa shape index (κ2) is 8.62. The number of halogens is 2. The summed E-state index contributed by atoms with van der Waals surface area (Å²) in [5.41, 5.74) is 3.90. The number of fused-ring (bicyclic) bond motifs is 2. The van der Waals surface area contributed by atoms with E-state index < -0.39 is 0 Å². The van der Waals surface area contributed by atoms with Crippen LogP contribution in [0, 0.1) is 6.92 Å². The molecule has 7 heteroatoms. The number of benzene rings is 3. The molecule has 2 aliphatic heterocycles. The quantitative estimate of drug-likeness (QED) is 0.374. The summed E-state index contributed by atoms with van der Waals surface area (Å²) >= 11 is 9.66. The van der Waals surface area contributed by atoms with Crippen LogP contribution in [0.25, 0.3) is 6.08 Å². The summed E-state index contributed by atoms with van der Waals surface area (Å²) in [6.07, 6.45) is 1.74. The molecule has 0 N–H and O–H groups in total. The molecule has 0 aliphatic carbocycles. The highest BCUT2D eigenvalue weighted by molar-refractivity contribution is 9.10. The van der Waals surface area contributed by atoms with E-state index in [1.807, 2.05) is 43.3 Å². The lowest BCUT2D eigenvalue weighted by atomic mass is 10.1. The first-order chi connectivity index (χ1) is 15.5. The lowest BCUT2D eigenvalue weighted by Gasteiger charge is -2.21. The Morgan fingerprint density at radius 1 is 1.12 bits per heavy atom. The molecule has 0 amide bonds. The van der Waals surface area contributed by atoms with Gasteiger partial charge in [0.2, 0.25) is 5.78 Å². The van der Waals surface area contributed by atoms with Crippen LogP contribution >= 0.6 is 27.5 Å². The topological polar surface area (TPSA) is 54.0 Å². The molecule has 0 unspecified atom stereocenters. The molecule has 32 heavy (non-hydrogen) atoms. The molecule has 0 aromatic heterocycles. The maximum Gasteiger partial charge on any atom is 0.231 e. The molecule has 5 nitrogen and oxygen atoms in total. The minimum atomic E-state index is -0.144. The first kappa shape index (κ1) is 21.1. The molecule has 0 spiro atoms. The molecule has 2 aliphatic rings. The van der Waals surface area contributed by atoms with Crippen molar-refractivity contribution >= 4 is 39.4 Å². The van der Waals surface area contributed by atoms with Crippen LogP contribution in [0.15, 0.2) is 58.8 Å². The van der Waals surface area contributed by atoms with Gasteiger partial charge in [-0.15, -0.1) is 0 Å².